The summed E-state index contributed by atoms with van der Waals surface area (Å²) in [6.45, 7) is 2.78. The lowest BCUT2D eigenvalue weighted by Gasteiger charge is -2.46. The predicted molar refractivity (Wildman–Crippen MR) is 110 cm³/mol. The van der Waals surface area contributed by atoms with Gasteiger partial charge in [-0.05, 0) is 43.4 Å². The standard InChI is InChI=1S/C21H28FN5O2/c22-16-5-3-15(4-6-16)12-21(14-28)13-27(10-7-17(21)29)19-11-18(24-20(23)25-19)26-8-1-2-9-26/h3-6,11,17,28-29H,1-2,7-10,12-14H2,(H2,23,24,25)/t17-,21-/m0/s1. The zero-order valence-electron chi connectivity index (χ0n) is 16.5. The fourth-order valence-electron chi connectivity index (χ4n) is 4.45. The Kier molecular flexibility index (Phi) is 5.56. The third-order valence-electron chi connectivity index (χ3n) is 6.14. The van der Waals surface area contributed by atoms with Crippen molar-refractivity contribution >= 4 is 17.6 Å². The molecule has 3 heterocycles. The maximum atomic E-state index is 13.3. The maximum Gasteiger partial charge on any atom is 0.223 e. The van der Waals surface area contributed by atoms with E-state index in [0.29, 0.717) is 31.7 Å². The number of aliphatic hydroxyl groups is 2. The molecule has 2 aliphatic rings. The molecule has 2 aliphatic heterocycles. The van der Waals surface area contributed by atoms with Gasteiger partial charge in [-0.15, -0.1) is 0 Å². The van der Waals surface area contributed by atoms with Gasteiger partial charge in [0.1, 0.15) is 17.5 Å². The van der Waals surface area contributed by atoms with E-state index in [0.717, 1.165) is 37.3 Å². The second kappa shape index (κ2) is 8.12. The van der Waals surface area contributed by atoms with Gasteiger partial charge in [-0.2, -0.15) is 9.97 Å². The number of nitrogen functional groups attached to an aromatic ring is 1. The van der Waals surface area contributed by atoms with Crippen LogP contribution in [0.4, 0.5) is 22.0 Å². The molecule has 0 unspecified atom stereocenters. The van der Waals surface area contributed by atoms with Gasteiger partial charge in [0, 0.05) is 37.7 Å². The van der Waals surface area contributed by atoms with Gasteiger partial charge in [-0.25, -0.2) is 4.39 Å². The Balaban J connectivity index is 1.59. The van der Waals surface area contributed by atoms with Crippen molar-refractivity contribution in [3.05, 3.63) is 41.7 Å². The minimum absolute atomic E-state index is 0.179. The highest BCUT2D eigenvalue weighted by Crippen LogP contribution is 2.36. The summed E-state index contributed by atoms with van der Waals surface area (Å²) in [7, 11) is 0. The Morgan fingerprint density at radius 3 is 2.38 bits per heavy atom. The topological polar surface area (TPSA) is 98.7 Å². The average molecular weight is 401 g/mol. The van der Waals surface area contributed by atoms with Crippen molar-refractivity contribution in [3.63, 3.8) is 0 Å². The fourth-order valence-corrected chi connectivity index (χ4v) is 4.45. The van der Waals surface area contributed by atoms with Gasteiger partial charge in [0.2, 0.25) is 5.95 Å². The Morgan fingerprint density at radius 1 is 1.07 bits per heavy atom. The van der Waals surface area contributed by atoms with Crippen molar-refractivity contribution in [2.75, 3.05) is 48.3 Å². The lowest BCUT2D eigenvalue weighted by Crippen LogP contribution is -2.55. The second-order valence-corrected chi connectivity index (χ2v) is 8.19. The van der Waals surface area contributed by atoms with Crippen LogP contribution in [0.15, 0.2) is 30.3 Å². The molecule has 0 radical (unpaired) electrons. The van der Waals surface area contributed by atoms with Crippen LogP contribution in [-0.2, 0) is 6.42 Å². The number of piperidine rings is 1. The van der Waals surface area contributed by atoms with E-state index in [9.17, 15) is 14.6 Å². The van der Waals surface area contributed by atoms with E-state index in [4.69, 9.17) is 5.73 Å². The SMILES string of the molecule is Nc1nc(N2CCCC2)cc(N2CC[C@H](O)[C@@](CO)(Cc3ccc(F)cc3)C2)n1. The number of aromatic nitrogens is 2. The largest absolute Gasteiger partial charge is 0.396 e. The van der Waals surface area contributed by atoms with Gasteiger partial charge < -0.3 is 25.7 Å². The Hall–Kier alpha value is -2.45. The molecule has 7 nitrogen and oxygen atoms in total. The molecular formula is C21H28FN5O2. The van der Waals surface area contributed by atoms with E-state index >= 15 is 0 Å². The van der Waals surface area contributed by atoms with Gasteiger partial charge in [0.15, 0.2) is 0 Å². The van der Waals surface area contributed by atoms with Gasteiger partial charge in [-0.1, -0.05) is 12.1 Å². The smallest absolute Gasteiger partial charge is 0.223 e. The first kappa shape index (κ1) is 19.8. The van der Waals surface area contributed by atoms with Gasteiger partial charge in [-0.3, -0.25) is 0 Å². The Morgan fingerprint density at radius 2 is 1.72 bits per heavy atom. The van der Waals surface area contributed by atoms with Gasteiger partial charge in [0.05, 0.1) is 12.7 Å². The van der Waals surface area contributed by atoms with Crippen LogP contribution in [0.3, 0.4) is 0 Å². The quantitative estimate of drug-likeness (QED) is 0.700. The summed E-state index contributed by atoms with van der Waals surface area (Å²) in [6.07, 6.45) is 2.57. The zero-order valence-corrected chi connectivity index (χ0v) is 16.5. The molecule has 156 valence electrons. The summed E-state index contributed by atoms with van der Waals surface area (Å²) in [5.41, 5.74) is 6.10. The molecule has 0 spiro atoms. The first-order valence-electron chi connectivity index (χ1n) is 10.2. The van der Waals surface area contributed by atoms with Crippen LogP contribution >= 0.6 is 0 Å². The number of benzene rings is 1. The number of nitrogens with zero attached hydrogens (tertiary/aromatic N) is 4. The average Bonchev–Trinajstić information content (AvgIpc) is 3.26. The fraction of sp³-hybridized carbons (Fsp3) is 0.524. The van der Waals surface area contributed by atoms with E-state index in [1.54, 1.807) is 12.1 Å². The minimum atomic E-state index is -0.760. The summed E-state index contributed by atoms with van der Waals surface area (Å²) in [5, 5.41) is 21.0. The minimum Gasteiger partial charge on any atom is -0.396 e. The van der Waals surface area contributed by atoms with Gasteiger partial charge in [0.25, 0.3) is 0 Å². The van der Waals surface area contributed by atoms with E-state index in [2.05, 4.69) is 19.8 Å². The summed E-state index contributed by atoms with van der Waals surface area (Å²) in [5.74, 6) is 1.46. The summed E-state index contributed by atoms with van der Waals surface area (Å²) in [4.78, 5) is 13.1. The van der Waals surface area contributed by atoms with Crippen molar-refractivity contribution in [3.8, 4) is 0 Å². The third-order valence-corrected chi connectivity index (χ3v) is 6.14. The number of hydrogen-bond acceptors (Lipinski definition) is 7. The first-order chi connectivity index (χ1) is 14.0. The van der Waals surface area contributed by atoms with Crippen molar-refractivity contribution in [1.82, 2.24) is 9.97 Å². The highest BCUT2D eigenvalue weighted by molar-refractivity contribution is 5.55. The van der Waals surface area contributed by atoms with E-state index in [1.165, 1.54) is 12.1 Å². The predicted octanol–water partition coefficient (Wildman–Crippen LogP) is 1.59. The number of rotatable bonds is 5. The van der Waals surface area contributed by atoms with Crippen LogP contribution in [0.1, 0.15) is 24.8 Å². The molecule has 2 saturated heterocycles. The van der Waals surface area contributed by atoms with Crippen LogP contribution in [0.5, 0.6) is 0 Å². The zero-order chi connectivity index (χ0) is 20.4. The molecule has 4 N–H and O–H groups in total. The van der Waals surface area contributed by atoms with Crippen LogP contribution < -0.4 is 15.5 Å². The van der Waals surface area contributed by atoms with Crippen molar-refractivity contribution in [2.45, 2.75) is 31.8 Å². The molecule has 0 amide bonds. The number of anilines is 3. The summed E-state index contributed by atoms with van der Waals surface area (Å²) < 4.78 is 13.3. The first-order valence-corrected chi connectivity index (χ1v) is 10.2. The maximum absolute atomic E-state index is 13.3. The van der Waals surface area contributed by atoms with Crippen LogP contribution in [-0.4, -0.2) is 59.1 Å². The molecule has 4 rings (SSSR count). The van der Waals surface area contributed by atoms with E-state index in [-0.39, 0.29) is 18.4 Å². The molecule has 8 heteroatoms. The number of nitrogens with two attached hydrogens (primary N) is 1. The molecule has 0 bridgehead atoms. The van der Waals surface area contributed by atoms with Crippen LogP contribution in [0.2, 0.25) is 0 Å². The molecule has 2 fully saturated rings. The Labute approximate surface area is 170 Å². The second-order valence-electron chi connectivity index (χ2n) is 8.19. The number of hydrogen-bond donors (Lipinski definition) is 3. The number of aliphatic hydroxyl groups excluding tert-OH is 2. The molecular weight excluding hydrogens is 373 g/mol. The Bertz CT molecular complexity index is 843. The van der Waals surface area contributed by atoms with Crippen LogP contribution in [0, 0.1) is 11.2 Å². The highest BCUT2D eigenvalue weighted by Gasteiger charge is 2.43. The normalized spacial score (nSPS) is 24.9. The van der Waals surface area contributed by atoms with Crippen LogP contribution in [0.25, 0.3) is 0 Å². The summed E-state index contributed by atoms with van der Waals surface area (Å²) in [6, 6.07) is 8.15. The van der Waals surface area contributed by atoms with Crippen molar-refractivity contribution in [1.29, 1.82) is 0 Å². The number of halogens is 1. The van der Waals surface area contributed by atoms with Gasteiger partial charge >= 0.3 is 0 Å². The molecule has 0 saturated carbocycles. The van der Waals surface area contributed by atoms with E-state index < -0.39 is 11.5 Å². The molecule has 29 heavy (non-hydrogen) atoms. The molecule has 1 aromatic carbocycles. The molecule has 0 aliphatic carbocycles. The lowest BCUT2D eigenvalue weighted by molar-refractivity contribution is -0.0292. The summed E-state index contributed by atoms with van der Waals surface area (Å²) >= 11 is 0. The van der Waals surface area contributed by atoms with E-state index in [1.807, 2.05) is 6.07 Å². The van der Waals surface area contributed by atoms with Crippen molar-refractivity contribution in [2.24, 2.45) is 5.41 Å². The molecule has 2 atom stereocenters. The lowest BCUT2D eigenvalue weighted by atomic mass is 9.73. The third kappa shape index (κ3) is 4.13. The van der Waals surface area contributed by atoms with Crippen molar-refractivity contribution < 1.29 is 14.6 Å². The molecule has 1 aromatic heterocycles. The molecule has 2 aromatic rings. The monoisotopic (exact) mass is 401 g/mol. The highest BCUT2D eigenvalue weighted by atomic mass is 19.1.